The van der Waals surface area contributed by atoms with Gasteiger partial charge < -0.3 is 4.90 Å². The maximum atomic E-state index is 13.4. The summed E-state index contributed by atoms with van der Waals surface area (Å²) in [5.74, 6) is -0.341. The number of amides is 1. The van der Waals surface area contributed by atoms with Gasteiger partial charge in [0.25, 0.3) is 0 Å². The molecule has 1 unspecified atom stereocenters. The van der Waals surface area contributed by atoms with Gasteiger partial charge in [0.05, 0.1) is 16.6 Å². The van der Waals surface area contributed by atoms with Crippen LogP contribution in [0.25, 0.3) is 0 Å². The van der Waals surface area contributed by atoms with Crippen LogP contribution < -0.4 is 4.90 Å². The molecule has 32 heavy (non-hydrogen) atoms. The van der Waals surface area contributed by atoms with E-state index in [-0.39, 0.29) is 29.0 Å². The topological polar surface area (TPSA) is 95.1 Å². The van der Waals surface area contributed by atoms with Crippen molar-refractivity contribution in [1.82, 2.24) is 8.61 Å². The average molecular weight is 486 g/mol. The highest BCUT2D eigenvalue weighted by Gasteiger charge is 2.36. The van der Waals surface area contributed by atoms with Gasteiger partial charge in [-0.2, -0.15) is 4.31 Å². The first-order chi connectivity index (χ1) is 15.2. The molecule has 1 atom stereocenters. The third-order valence-electron chi connectivity index (χ3n) is 6.37. The maximum absolute atomic E-state index is 13.4. The van der Waals surface area contributed by atoms with Gasteiger partial charge in [0.2, 0.25) is 26.0 Å². The number of nitrogens with zero attached hydrogens (tertiary/aromatic N) is 3. The van der Waals surface area contributed by atoms with E-state index >= 15 is 0 Å². The Kier molecular flexibility index (Phi) is 8.01. The standard InChI is InChI=1S/C22H35N3O5S2/c1-4-15-31(27,28)24-13-7-10-19(17-24)22(26)25-14-8-9-18-16-20(11-12-21(18)25)32(29,30)23(5-2)6-3/h11-12,16,19H,4-10,13-15,17H2,1-3H3. The van der Waals surface area contributed by atoms with Crippen molar-refractivity contribution in [3.8, 4) is 0 Å². The molecule has 0 aromatic heterocycles. The van der Waals surface area contributed by atoms with Crippen molar-refractivity contribution in [2.45, 2.75) is 57.8 Å². The van der Waals surface area contributed by atoms with E-state index in [1.165, 1.54) is 8.61 Å². The van der Waals surface area contributed by atoms with Crippen LogP contribution in [-0.2, 0) is 31.3 Å². The quantitative estimate of drug-likeness (QED) is 0.564. The van der Waals surface area contributed by atoms with Gasteiger partial charge in [-0.05, 0) is 55.9 Å². The van der Waals surface area contributed by atoms with Crippen LogP contribution in [0.3, 0.4) is 0 Å². The van der Waals surface area contributed by atoms with Crippen molar-refractivity contribution in [2.24, 2.45) is 5.92 Å². The fraction of sp³-hybridized carbons (Fsp3) is 0.682. The molecule has 0 N–H and O–H groups in total. The van der Waals surface area contributed by atoms with E-state index in [0.717, 1.165) is 17.7 Å². The number of hydrogen-bond acceptors (Lipinski definition) is 5. The van der Waals surface area contributed by atoms with E-state index in [2.05, 4.69) is 0 Å². The first kappa shape index (κ1) is 25.1. The number of carbonyl (C=O) groups is 1. The number of carbonyl (C=O) groups excluding carboxylic acids is 1. The van der Waals surface area contributed by atoms with Crippen molar-refractivity contribution >= 4 is 31.6 Å². The lowest BCUT2D eigenvalue weighted by atomic mass is 9.95. The lowest BCUT2D eigenvalue weighted by molar-refractivity contribution is -0.123. The Balaban J connectivity index is 1.84. The number of aryl methyl sites for hydroxylation is 1. The highest BCUT2D eigenvalue weighted by Crippen LogP contribution is 2.33. The number of sulfonamides is 2. The first-order valence-corrected chi connectivity index (χ1v) is 14.6. The highest BCUT2D eigenvalue weighted by molar-refractivity contribution is 7.89. The molecular weight excluding hydrogens is 450 g/mol. The molecule has 1 aromatic carbocycles. The molecule has 10 heteroatoms. The second-order valence-corrected chi connectivity index (χ2v) is 12.5. The Hall–Kier alpha value is -1.49. The predicted molar refractivity (Wildman–Crippen MR) is 126 cm³/mol. The zero-order valence-corrected chi connectivity index (χ0v) is 20.9. The van der Waals surface area contributed by atoms with Crippen molar-refractivity contribution in [3.63, 3.8) is 0 Å². The minimum absolute atomic E-state index is 0.0679. The molecule has 0 bridgehead atoms. The van der Waals surface area contributed by atoms with Gasteiger partial charge in [-0.15, -0.1) is 0 Å². The number of rotatable bonds is 8. The Morgan fingerprint density at radius 2 is 1.78 bits per heavy atom. The maximum Gasteiger partial charge on any atom is 0.243 e. The lowest BCUT2D eigenvalue weighted by Gasteiger charge is -2.36. The fourth-order valence-corrected chi connectivity index (χ4v) is 7.78. The molecule has 2 aliphatic rings. The van der Waals surface area contributed by atoms with Gasteiger partial charge in [0.1, 0.15) is 0 Å². The Morgan fingerprint density at radius 1 is 1.06 bits per heavy atom. The van der Waals surface area contributed by atoms with Gasteiger partial charge in [0.15, 0.2) is 0 Å². The van der Waals surface area contributed by atoms with E-state index in [1.807, 2.05) is 20.8 Å². The van der Waals surface area contributed by atoms with Gasteiger partial charge in [0, 0.05) is 38.4 Å². The largest absolute Gasteiger partial charge is 0.312 e. The van der Waals surface area contributed by atoms with Crippen LogP contribution in [0.2, 0.25) is 0 Å². The van der Waals surface area contributed by atoms with Crippen LogP contribution in [-0.4, -0.2) is 69.8 Å². The average Bonchev–Trinajstić information content (AvgIpc) is 2.78. The van der Waals surface area contributed by atoms with Crippen LogP contribution in [0.1, 0.15) is 52.0 Å². The molecule has 8 nitrogen and oxygen atoms in total. The summed E-state index contributed by atoms with van der Waals surface area (Å²) in [5, 5.41) is 0. The summed E-state index contributed by atoms with van der Waals surface area (Å²) in [6.07, 6.45) is 3.34. The third-order valence-corrected chi connectivity index (χ3v) is 10.5. The van der Waals surface area contributed by atoms with Crippen LogP contribution in [0.5, 0.6) is 0 Å². The third kappa shape index (κ3) is 5.03. The van der Waals surface area contributed by atoms with Crippen molar-refractivity contribution in [3.05, 3.63) is 23.8 Å². The molecule has 1 amide bonds. The molecule has 1 fully saturated rings. The van der Waals surface area contributed by atoms with Crippen LogP contribution in [0, 0.1) is 5.92 Å². The Morgan fingerprint density at radius 3 is 2.44 bits per heavy atom. The SMILES string of the molecule is CCCS(=O)(=O)N1CCCC(C(=O)N2CCCc3cc(S(=O)(=O)N(CC)CC)ccc32)C1. The Bertz CT molecular complexity index is 1040. The van der Waals surface area contributed by atoms with Gasteiger partial charge >= 0.3 is 0 Å². The van der Waals surface area contributed by atoms with Gasteiger partial charge in [-0.1, -0.05) is 20.8 Å². The lowest BCUT2D eigenvalue weighted by Crippen LogP contribution is -2.48. The number of hydrogen-bond donors (Lipinski definition) is 0. The zero-order chi connectivity index (χ0) is 23.5. The minimum Gasteiger partial charge on any atom is -0.312 e. The molecule has 0 aliphatic carbocycles. The van der Waals surface area contributed by atoms with E-state index in [1.54, 1.807) is 23.1 Å². The summed E-state index contributed by atoms with van der Waals surface area (Å²) in [5.41, 5.74) is 1.59. The molecule has 0 spiro atoms. The molecule has 1 aromatic rings. The summed E-state index contributed by atoms with van der Waals surface area (Å²) >= 11 is 0. The normalized spacial score (nSPS) is 20.4. The molecule has 180 valence electrons. The first-order valence-electron chi connectivity index (χ1n) is 11.6. The second-order valence-electron chi connectivity index (χ2n) is 8.49. The molecule has 2 aliphatic heterocycles. The molecule has 3 rings (SSSR count). The van der Waals surface area contributed by atoms with Crippen LogP contribution in [0.4, 0.5) is 5.69 Å². The van der Waals surface area contributed by atoms with Gasteiger partial charge in [-0.25, -0.2) is 21.1 Å². The number of fused-ring (bicyclic) bond motifs is 1. The summed E-state index contributed by atoms with van der Waals surface area (Å²) in [7, 11) is -6.90. The number of benzene rings is 1. The predicted octanol–water partition coefficient (Wildman–Crippen LogP) is 2.45. The smallest absolute Gasteiger partial charge is 0.243 e. The van der Waals surface area contributed by atoms with Crippen LogP contribution >= 0.6 is 0 Å². The van der Waals surface area contributed by atoms with E-state index in [4.69, 9.17) is 0 Å². The molecule has 0 radical (unpaired) electrons. The molecule has 0 saturated carbocycles. The van der Waals surface area contributed by atoms with Crippen molar-refractivity contribution < 1.29 is 21.6 Å². The highest BCUT2D eigenvalue weighted by atomic mass is 32.2. The summed E-state index contributed by atoms with van der Waals surface area (Å²) in [6, 6.07) is 5.01. The Labute approximate surface area is 192 Å². The van der Waals surface area contributed by atoms with Crippen molar-refractivity contribution in [1.29, 1.82) is 0 Å². The second kappa shape index (κ2) is 10.2. The van der Waals surface area contributed by atoms with Gasteiger partial charge in [-0.3, -0.25) is 4.79 Å². The van der Waals surface area contributed by atoms with Crippen molar-refractivity contribution in [2.75, 3.05) is 43.4 Å². The molecule has 2 heterocycles. The van der Waals surface area contributed by atoms with E-state index in [9.17, 15) is 21.6 Å². The zero-order valence-electron chi connectivity index (χ0n) is 19.3. The fourth-order valence-electron chi connectivity index (χ4n) is 4.68. The molecule has 1 saturated heterocycles. The van der Waals surface area contributed by atoms with Crippen LogP contribution in [0.15, 0.2) is 23.1 Å². The summed E-state index contributed by atoms with van der Waals surface area (Å²) in [6.45, 7) is 7.52. The summed E-state index contributed by atoms with van der Waals surface area (Å²) < 4.78 is 53.7. The van der Waals surface area contributed by atoms with E-state index in [0.29, 0.717) is 51.9 Å². The summed E-state index contributed by atoms with van der Waals surface area (Å²) in [4.78, 5) is 15.4. The number of anilines is 1. The van der Waals surface area contributed by atoms with E-state index < -0.39 is 20.0 Å². The molecular formula is C22H35N3O5S2. The monoisotopic (exact) mass is 485 g/mol. The minimum atomic E-state index is -3.57. The number of piperidine rings is 1.